The van der Waals surface area contributed by atoms with Gasteiger partial charge in [0.2, 0.25) is 0 Å². The summed E-state index contributed by atoms with van der Waals surface area (Å²) in [6.07, 6.45) is 17.9. The lowest BCUT2D eigenvalue weighted by Crippen LogP contribution is -2.58. The van der Waals surface area contributed by atoms with E-state index < -0.39 is 69.5 Å². The molecule has 15 rings (SSSR count). The highest BCUT2D eigenvalue weighted by Crippen LogP contribution is 2.74. The van der Waals surface area contributed by atoms with Gasteiger partial charge in [-0.2, -0.15) is 39.5 Å². The highest BCUT2D eigenvalue weighted by atomic mass is 19.4. The number of fused-ring (bicyclic) bond motifs is 5. The van der Waals surface area contributed by atoms with E-state index in [4.69, 9.17) is 28.4 Å². The van der Waals surface area contributed by atoms with E-state index in [2.05, 4.69) is 62.3 Å². The standard InChI is InChI=1S/C21H36O2.C19H29F3O2.C18H30O2.C14H21F3O2.C14H24O2.C10H17F3O2.6CH4/c1-8-18(3,4)17(22)23-20(7)11-12-21-13-16(20)19(5,6)15(21)10-9-14(21)2;1-5-17(4,19(20,21)22)15(23)24-16(2,3)18-9-12-6-13(10-18)8-14(7-12)11-18;1-5-12(2)16(19)20-17(3,4)18-9-13-6-14(10-18)8-15(7-13)11-18;1-4-12(2,14(15,16)17)11(18)19-13(3)8-9-5-6-10(13)7-9;1-5-13(2,3)12(15)16-14(4)9-10-6-7-11(14)8-10;1-6-9(5,10(11,12)13)7(14)15-8(2,3)4;;;;;;/h14-16H,8-13H2,1-7H3;12-14H,5-11H2,1-4H3;12-15H,5-11H2,1-4H3;9-10H,4-8H2,1-3H3;10-11H,5-9H2,1-4H3;6H2,1-5H3;6*1H4. The minimum absolute atomic E-state index is 0. The summed E-state index contributed by atoms with van der Waals surface area (Å²) in [5, 5.41) is 0. The monoisotopic (exact) mass is 1770 g/mol. The van der Waals surface area contributed by atoms with E-state index in [0.717, 1.165) is 127 Å². The number of carbonyl (C=O) groups is 6. The second-order valence-electron chi connectivity index (χ2n) is 45.7. The van der Waals surface area contributed by atoms with Crippen LogP contribution in [0.3, 0.4) is 0 Å². The Balaban J connectivity index is 0.000000499. The quantitative estimate of drug-likeness (QED) is 0.0686. The summed E-state index contributed by atoms with van der Waals surface area (Å²) in [6.45, 7) is 49.2. The van der Waals surface area contributed by atoms with E-state index in [0.29, 0.717) is 47.3 Å². The predicted molar refractivity (Wildman–Crippen MR) is 479 cm³/mol. The maximum absolute atomic E-state index is 13.4. The third-order valence-corrected chi connectivity index (χ3v) is 34.9. The zero-order valence-corrected chi connectivity index (χ0v) is 77.3. The van der Waals surface area contributed by atoms with Crippen LogP contribution in [0.2, 0.25) is 0 Å². The summed E-state index contributed by atoms with van der Waals surface area (Å²) in [7, 11) is 0. The van der Waals surface area contributed by atoms with E-state index in [9.17, 15) is 68.3 Å². The van der Waals surface area contributed by atoms with Crippen molar-refractivity contribution in [1.29, 1.82) is 0 Å². The van der Waals surface area contributed by atoms with Gasteiger partial charge in [0.1, 0.15) is 33.6 Å². The lowest BCUT2D eigenvalue weighted by molar-refractivity contribution is -0.250. The van der Waals surface area contributed by atoms with Crippen LogP contribution in [0.15, 0.2) is 0 Å². The molecule has 15 saturated carbocycles. The van der Waals surface area contributed by atoms with Crippen molar-refractivity contribution in [2.75, 3.05) is 0 Å². The number of ether oxygens (including phenoxy) is 6. The second kappa shape index (κ2) is 40.1. The van der Waals surface area contributed by atoms with Crippen LogP contribution in [0.1, 0.15) is 431 Å². The highest BCUT2D eigenvalue weighted by Gasteiger charge is 2.70. The fraction of sp³-hybridized carbons (Fsp3) is 0.941. The van der Waals surface area contributed by atoms with E-state index in [1.54, 1.807) is 6.92 Å². The average molecular weight is 1770 g/mol. The van der Waals surface area contributed by atoms with Crippen LogP contribution in [0.4, 0.5) is 39.5 Å². The zero-order valence-electron chi connectivity index (χ0n) is 77.3. The van der Waals surface area contributed by atoms with Gasteiger partial charge < -0.3 is 28.4 Å². The maximum Gasteiger partial charge on any atom is 0.404 e. The summed E-state index contributed by atoms with van der Waals surface area (Å²) >= 11 is 0. The topological polar surface area (TPSA) is 158 Å². The van der Waals surface area contributed by atoms with Gasteiger partial charge in [0, 0.05) is 16.7 Å². The fourth-order valence-electron chi connectivity index (χ4n) is 25.2. The molecule has 15 aliphatic rings. The lowest BCUT2D eigenvalue weighted by Gasteiger charge is -2.61. The molecule has 0 N–H and O–H groups in total. The van der Waals surface area contributed by atoms with Gasteiger partial charge >= 0.3 is 54.3 Å². The van der Waals surface area contributed by atoms with Crippen LogP contribution < -0.4 is 0 Å². The van der Waals surface area contributed by atoms with Gasteiger partial charge in [0.15, 0.2) is 16.2 Å². The normalized spacial score (nSPS) is 35.2. The molecule has 0 aromatic heterocycles. The van der Waals surface area contributed by atoms with Crippen molar-refractivity contribution >= 4 is 35.8 Å². The largest absolute Gasteiger partial charge is 0.459 e. The number of esters is 6. The molecule has 0 aliphatic heterocycles. The summed E-state index contributed by atoms with van der Waals surface area (Å²) in [4.78, 5) is 73.1. The third-order valence-electron chi connectivity index (χ3n) is 34.9. The van der Waals surface area contributed by atoms with Gasteiger partial charge in [0.25, 0.3) is 0 Å². The molecule has 0 amide bonds. The summed E-state index contributed by atoms with van der Waals surface area (Å²) < 4.78 is 151. The molecular formula is C102H181F9O12. The molecule has 0 radical (unpaired) electrons. The SMILES string of the molecule is C.C.C.C.C.C.CCC(C)(C(=O)OC(C)(C)C)C(F)(F)F.CCC(C)(C(=O)OC(C)(C)C12CC3CC(CC(C3)C1)C2)C(F)(F)F.CCC(C)(C(=O)OC1(C)CC2CCC1C2)C(F)(F)F.CCC(C)(C)C(=O)OC1(C)CC2CCC1C2.CCC(C)(C)C(=O)OC1(C)CCC23CC1C(C)(C)C2CCC3C.CCC(C)C(=O)OC(C)(C)C12CC3CC(CC(C3)C1)C2. The maximum atomic E-state index is 13.4. The van der Waals surface area contributed by atoms with Crippen molar-refractivity contribution in [3.8, 4) is 0 Å². The van der Waals surface area contributed by atoms with Crippen molar-refractivity contribution in [1.82, 2.24) is 0 Å². The van der Waals surface area contributed by atoms with Gasteiger partial charge in [-0.25, -0.2) is 0 Å². The summed E-state index contributed by atoms with van der Waals surface area (Å²) in [5.74, 6) is 5.62. The fourth-order valence-corrected chi connectivity index (χ4v) is 25.2. The van der Waals surface area contributed by atoms with Crippen LogP contribution in [0.5, 0.6) is 0 Å². The number of alkyl halides is 9. The molecule has 0 aromatic rings. The number of rotatable bonds is 19. The van der Waals surface area contributed by atoms with E-state index in [-0.39, 0.29) is 137 Å². The molecule has 1 spiro atoms. The van der Waals surface area contributed by atoms with Gasteiger partial charge in [-0.1, -0.05) is 114 Å². The van der Waals surface area contributed by atoms with Crippen molar-refractivity contribution in [3.63, 3.8) is 0 Å². The first kappa shape index (κ1) is 115. The number of carbonyl (C=O) groups excluding carboxylic acids is 6. The zero-order chi connectivity index (χ0) is 88.7. The minimum atomic E-state index is -4.59. The lowest BCUT2D eigenvalue weighted by atomic mass is 9.46. The van der Waals surface area contributed by atoms with E-state index in [1.807, 2.05) is 55.4 Å². The van der Waals surface area contributed by atoms with Gasteiger partial charge in [-0.3, -0.25) is 28.8 Å². The molecular weight excluding hydrogens is 1590 g/mol. The van der Waals surface area contributed by atoms with Crippen LogP contribution in [-0.4, -0.2) is 88.0 Å². The molecule has 15 atom stereocenters. The van der Waals surface area contributed by atoms with Gasteiger partial charge in [-0.05, 0) is 399 Å². The molecule has 0 heterocycles. The molecule has 724 valence electrons. The molecule has 15 aliphatic carbocycles. The van der Waals surface area contributed by atoms with Crippen LogP contribution >= 0.6 is 0 Å². The molecule has 0 saturated heterocycles. The Morgan fingerprint density at radius 2 is 0.667 bits per heavy atom. The van der Waals surface area contributed by atoms with Crippen LogP contribution in [0, 0.1) is 132 Å². The second-order valence-corrected chi connectivity index (χ2v) is 45.7. The Labute approximate surface area is 743 Å². The first-order valence-corrected chi connectivity index (χ1v) is 45.8. The van der Waals surface area contributed by atoms with E-state index in [1.165, 1.54) is 144 Å². The highest BCUT2D eigenvalue weighted by molar-refractivity contribution is 5.80. The predicted octanol–water partition coefficient (Wildman–Crippen LogP) is 30.4. The van der Waals surface area contributed by atoms with Crippen molar-refractivity contribution in [2.45, 2.75) is 483 Å². The Bertz CT molecular complexity index is 3420. The summed E-state index contributed by atoms with van der Waals surface area (Å²) in [6, 6.07) is 0. The van der Waals surface area contributed by atoms with Gasteiger partial charge in [0.05, 0.1) is 16.7 Å². The Hall–Kier alpha value is -3.81. The molecule has 12 nitrogen and oxygen atoms in total. The smallest absolute Gasteiger partial charge is 0.404 e. The van der Waals surface area contributed by atoms with Crippen LogP contribution in [-0.2, 0) is 57.2 Å². The van der Waals surface area contributed by atoms with Crippen LogP contribution in [0.25, 0.3) is 0 Å². The van der Waals surface area contributed by atoms with E-state index >= 15 is 0 Å². The molecule has 15 fully saturated rings. The molecule has 123 heavy (non-hydrogen) atoms. The average Bonchev–Trinajstić information content (AvgIpc) is 1.54. The number of hydrogen-bond donors (Lipinski definition) is 0. The Morgan fingerprint density at radius 3 is 0.959 bits per heavy atom. The first-order chi connectivity index (χ1) is 53.2. The Kier molecular flexibility index (Phi) is 37.6. The van der Waals surface area contributed by atoms with Crippen molar-refractivity contribution < 1.29 is 96.7 Å². The number of hydrogen-bond acceptors (Lipinski definition) is 12. The summed E-state index contributed by atoms with van der Waals surface area (Å²) in [5.41, 5.74) is -10.2. The molecule has 14 bridgehead atoms. The van der Waals surface area contributed by atoms with Gasteiger partial charge in [-0.15, -0.1) is 0 Å². The molecule has 21 heteroatoms. The molecule has 0 aromatic carbocycles. The number of halogens is 9. The third kappa shape index (κ3) is 23.0. The first-order valence-electron chi connectivity index (χ1n) is 45.8. The minimum Gasteiger partial charge on any atom is -0.459 e. The van der Waals surface area contributed by atoms with Crippen molar-refractivity contribution in [2.24, 2.45) is 132 Å². The van der Waals surface area contributed by atoms with Crippen molar-refractivity contribution in [3.05, 3.63) is 0 Å². The Morgan fingerprint density at radius 1 is 0.350 bits per heavy atom. The molecule has 15 unspecified atom stereocenters.